The van der Waals surface area contributed by atoms with Gasteiger partial charge in [0.2, 0.25) is 0 Å². The highest BCUT2D eigenvalue weighted by Crippen LogP contribution is 2.02. The lowest BCUT2D eigenvalue weighted by Crippen LogP contribution is -2.37. The molecule has 1 heterocycles. The van der Waals surface area contributed by atoms with Crippen LogP contribution in [0, 0.1) is 0 Å². The van der Waals surface area contributed by atoms with Gasteiger partial charge in [-0.25, -0.2) is 9.59 Å². The molecule has 21 heavy (non-hydrogen) atoms. The second-order valence-corrected chi connectivity index (χ2v) is 4.28. The molecule has 110 valence electrons. The average Bonchev–Trinajstić information content (AvgIpc) is 2.99. The zero-order chi connectivity index (χ0) is 15.1. The van der Waals surface area contributed by atoms with E-state index in [9.17, 15) is 9.59 Å². The van der Waals surface area contributed by atoms with Crippen molar-refractivity contribution in [3.8, 4) is 0 Å². The molecule has 1 atom stereocenters. The number of nitrogens with two attached hydrogens (primary N) is 1. The molecule has 0 saturated heterocycles. The molecular formula is C14H15N3O4. The quantitative estimate of drug-likeness (QED) is 0.653. The van der Waals surface area contributed by atoms with Gasteiger partial charge in [-0.1, -0.05) is 30.3 Å². The van der Waals surface area contributed by atoms with Gasteiger partial charge in [0.1, 0.15) is 12.6 Å². The molecule has 0 radical (unpaired) electrons. The molecule has 7 heteroatoms. The lowest BCUT2D eigenvalue weighted by atomic mass is 10.2. The third-order valence-corrected chi connectivity index (χ3v) is 2.63. The topological polar surface area (TPSA) is 96.4 Å². The van der Waals surface area contributed by atoms with Crippen LogP contribution in [0.2, 0.25) is 0 Å². The van der Waals surface area contributed by atoms with Gasteiger partial charge in [0.25, 0.3) is 0 Å². The van der Waals surface area contributed by atoms with Crippen LogP contribution in [0.4, 0.5) is 4.79 Å². The highest BCUT2D eigenvalue weighted by Gasteiger charge is 2.20. The van der Waals surface area contributed by atoms with Crippen molar-refractivity contribution in [1.29, 1.82) is 0 Å². The third kappa shape index (κ3) is 4.73. The molecule has 1 aromatic heterocycles. The lowest BCUT2D eigenvalue weighted by Gasteiger charge is -2.10. The molecule has 0 spiro atoms. The van der Waals surface area contributed by atoms with Crippen molar-refractivity contribution in [3.05, 3.63) is 54.4 Å². The highest BCUT2D eigenvalue weighted by atomic mass is 16.7. The van der Waals surface area contributed by atoms with Crippen LogP contribution >= 0.6 is 0 Å². The summed E-state index contributed by atoms with van der Waals surface area (Å²) < 4.78 is 10.8. The van der Waals surface area contributed by atoms with Gasteiger partial charge < -0.3 is 15.2 Å². The summed E-state index contributed by atoms with van der Waals surface area (Å²) in [5.74, 6) is -0.858. The van der Waals surface area contributed by atoms with Crippen molar-refractivity contribution in [2.45, 2.75) is 19.2 Å². The Morgan fingerprint density at radius 3 is 2.67 bits per heavy atom. The molecule has 7 nitrogen and oxygen atoms in total. The molecule has 0 fully saturated rings. The van der Waals surface area contributed by atoms with E-state index in [1.165, 1.54) is 4.68 Å². The van der Waals surface area contributed by atoms with E-state index in [2.05, 4.69) is 9.84 Å². The number of rotatable bonds is 5. The van der Waals surface area contributed by atoms with Crippen LogP contribution in [0.5, 0.6) is 0 Å². The number of carbonyl (C=O) groups excluding carboxylic acids is 2. The highest BCUT2D eigenvalue weighted by molar-refractivity contribution is 5.85. The summed E-state index contributed by atoms with van der Waals surface area (Å²) in [6.45, 7) is 0.152. The standard InChI is InChI=1S/C14H15N3O4/c15-12(9-17-8-4-7-16-17)13(18)21-14(19)20-10-11-5-2-1-3-6-11/h1-8,12H,9-10,15H2/t12-/m0/s1. The SMILES string of the molecule is N[C@@H](Cn1cccn1)C(=O)OC(=O)OCc1ccccc1. The maximum atomic E-state index is 11.6. The first-order valence-corrected chi connectivity index (χ1v) is 6.30. The van der Waals surface area contributed by atoms with E-state index in [0.29, 0.717) is 0 Å². The Labute approximate surface area is 121 Å². The van der Waals surface area contributed by atoms with E-state index in [0.717, 1.165) is 5.56 Å². The Morgan fingerprint density at radius 2 is 2.00 bits per heavy atom. The lowest BCUT2D eigenvalue weighted by molar-refractivity contribution is -0.141. The van der Waals surface area contributed by atoms with Crippen LogP contribution in [0.3, 0.4) is 0 Å². The van der Waals surface area contributed by atoms with Crippen molar-refractivity contribution in [2.75, 3.05) is 0 Å². The van der Waals surface area contributed by atoms with E-state index >= 15 is 0 Å². The maximum absolute atomic E-state index is 11.6. The number of hydrogen-bond donors (Lipinski definition) is 1. The van der Waals surface area contributed by atoms with Gasteiger partial charge in [0, 0.05) is 12.4 Å². The Morgan fingerprint density at radius 1 is 1.24 bits per heavy atom. The van der Waals surface area contributed by atoms with Crippen LogP contribution in [-0.4, -0.2) is 27.9 Å². The van der Waals surface area contributed by atoms with Crippen LogP contribution in [0.15, 0.2) is 48.8 Å². The van der Waals surface area contributed by atoms with Crippen molar-refractivity contribution in [3.63, 3.8) is 0 Å². The predicted octanol–water partition coefficient (Wildman–Crippen LogP) is 1.09. The van der Waals surface area contributed by atoms with Gasteiger partial charge in [-0.3, -0.25) is 4.68 Å². The molecule has 0 aliphatic rings. The first kappa shape index (κ1) is 14.7. The number of nitrogens with zero attached hydrogens (tertiary/aromatic N) is 2. The molecule has 0 bridgehead atoms. The van der Waals surface area contributed by atoms with Crippen molar-refractivity contribution >= 4 is 12.1 Å². The number of esters is 1. The van der Waals surface area contributed by atoms with E-state index < -0.39 is 18.2 Å². The summed E-state index contributed by atoms with van der Waals surface area (Å²) in [7, 11) is 0. The zero-order valence-electron chi connectivity index (χ0n) is 11.2. The van der Waals surface area contributed by atoms with Crippen LogP contribution in [-0.2, 0) is 27.4 Å². The maximum Gasteiger partial charge on any atom is 0.516 e. The number of ether oxygens (including phenoxy) is 2. The molecule has 0 aliphatic carbocycles. The van der Waals surface area contributed by atoms with E-state index in [4.69, 9.17) is 10.5 Å². The fraction of sp³-hybridized carbons (Fsp3) is 0.214. The normalized spacial score (nSPS) is 11.7. The molecule has 2 aromatic rings. The van der Waals surface area contributed by atoms with Gasteiger partial charge in [0.05, 0.1) is 6.54 Å². The molecule has 0 amide bonds. The van der Waals surface area contributed by atoms with E-state index in [1.807, 2.05) is 18.2 Å². The fourth-order valence-corrected chi connectivity index (χ4v) is 1.59. The van der Waals surface area contributed by atoms with Crippen LogP contribution in [0.25, 0.3) is 0 Å². The van der Waals surface area contributed by atoms with E-state index in [-0.39, 0.29) is 13.2 Å². The monoisotopic (exact) mass is 289 g/mol. The molecular weight excluding hydrogens is 274 g/mol. The van der Waals surface area contributed by atoms with Crippen LogP contribution < -0.4 is 5.73 Å². The summed E-state index contributed by atoms with van der Waals surface area (Å²) in [6, 6.07) is 9.77. The van der Waals surface area contributed by atoms with Crippen molar-refractivity contribution in [1.82, 2.24) is 9.78 Å². The summed E-state index contributed by atoms with van der Waals surface area (Å²) in [5.41, 5.74) is 6.42. The minimum absolute atomic E-state index is 0.0291. The molecule has 0 aliphatic heterocycles. The Hall–Kier alpha value is -2.67. The second kappa shape index (κ2) is 7.20. The molecule has 2 N–H and O–H groups in total. The smallest absolute Gasteiger partial charge is 0.429 e. The van der Waals surface area contributed by atoms with Crippen LogP contribution in [0.1, 0.15) is 5.56 Å². The minimum Gasteiger partial charge on any atom is -0.429 e. The van der Waals surface area contributed by atoms with Gasteiger partial charge in [-0.2, -0.15) is 5.10 Å². The summed E-state index contributed by atoms with van der Waals surface area (Å²) in [5, 5.41) is 3.91. The summed E-state index contributed by atoms with van der Waals surface area (Å²) in [4.78, 5) is 23.0. The molecule has 0 unspecified atom stereocenters. The average molecular weight is 289 g/mol. The predicted molar refractivity (Wildman–Crippen MR) is 72.9 cm³/mol. The summed E-state index contributed by atoms with van der Waals surface area (Å²) in [6.07, 6.45) is 2.15. The first-order valence-electron chi connectivity index (χ1n) is 6.30. The number of hydrogen-bond acceptors (Lipinski definition) is 6. The van der Waals surface area contributed by atoms with E-state index in [1.54, 1.807) is 30.6 Å². The van der Waals surface area contributed by atoms with Gasteiger partial charge in [-0.05, 0) is 11.6 Å². The fourth-order valence-electron chi connectivity index (χ4n) is 1.59. The first-order chi connectivity index (χ1) is 10.1. The van der Waals surface area contributed by atoms with Crippen molar-refractivity contribution < 1.29 is 19.1 Å². The van der Waals surface area contributed by atoms with Gasteiger partial charge in [-0.15, -0.1) is 0 Å². The number of aromatic nitrogens is 2. The Kier molecular flexibility index (Phi) is 5.05. The summed E-state index contributed by atoms with van der Waals surface area (Å²) >= 11 is 0. The number of benzene rings is 1. The largest absolute Gasteiger partial charge is 0.516 e. The number of carbonyl (C=O) groups is 2. The Bertz CT molecular complexity index is 584. The molecule has 1 aromatic carbocycles. The zero-order valence-corrected chi connectivity index (χ0v) is 11.2. The molecule has 2 rings (SSSR count). The third-order valence-electron chi connectivity index (χ3n) is 2.63. The van der Waals surface area contributed by atoms with Gasteiger partial charge >= 0.3 is 12.1 Å². The second-order valence-electron chi connectivity index (χ2n) is 4.28. The molecule has 0 saturated carbocycles. The minimum atomic E-state index is -1.07. The van der Waals surface area contributed by atoms with Gasteiger partial charge in [0.15, 0.2) is 0 Å². The Balaban J connectivity index is 1.75. The van der Waals surface area contributed by atoms with Crippen molar-refractivity contribution in [2.24, 2.45) is 5.73 Å².